The van der Waals surface area contributed by atoms with Crippen molar-refractivity contribution in [2.45, 2.75) is 19.5 Å². The number of hydrogen-bond acceptors (Lipinski definition) is 3. The predicted octanol–water partition coefficient (Wildman–Crippen LogP) is 3.03. The van der Waals surface area contributed by atoms with Gasteiger partial charge in [0, 0.05) is 12.1 Å². The van der Waals surface area contributed by atoms with Crippen LogP contribution in [0.25, 0.3) is 0 Å². The first kappa shape index (κ1) is 15.7. The normalized spacial score (nSPS) is 18.0. The molecule has 25 heavy (non-hydrogen) atoms. The highest BCUT2D eigenvalue weighted by Crippen LogP contribution is 2.41. The third-order valence-electron chi connectivity index (χ3n) is 4.75. The van der Waals surface area contributed by atoms with Crippen LogP contribution in [0.5, 0.6) is 11.5 Å². The number of ether oxygens (including phenoxy) is 2. The Morgan fingerprint density at radius 1 is 1.28 bits per heavy atom. The van der Waals surface area contributed by atoms with Gasteiger partial charge in [-0.1, -0.05) is 24.3 Å². The van der Waals surface area contributed by atoms with Crippen molar-refractivity contribution in [2.75, 3.05) is 20.8 Å². The molecule has 1 amide bonds. The van der Waals surface area contributed by atoms with Crippen LogP contribution in [0.15, 0.2) is 36.4 Å². The standard InChI is InChI=1S/C20H20N2O3/c1-4-25-19-10-16-15(9-18(19)24-3)20(23)22-11-13-7-5-6-8-14(13)17(22)12-21(16)2/h5-10,17H,4,11H2,1-3H3/t17-/m1/s1. The minimum absolute atomic E-state index is 0.0191. The summed E-state index contributed by atoms with van der Waals surface area (Å²) >= 11 is 0. The summed E-state index contributed by atoms with van der Waals surface area (Å²) in [4.78, 5) is 15.1. The molecule has 2 heterocycles. The molecule has 5 nitrogen and oxygen atoms in total. The number of amides is 1. The van der Waals surface area contributed by atoms with Gasteiger partial charge in [0.05, 0.1) is 31.7 Å². The number of carbonyl (C=O) groups is 1. The number of benzene rings is 2. The van der Waals surface area contributed by atoms with Gasteiger partial charge < -0.3 is 18.9 Å². The summed E-state index contributed by atoms with van der Waals surface area (Å²) in [6.07, 6.45) is 3.43. The van der Waals surface area contributed by atoms with Crippen molar-refractivity contribution in [2.24, 2.45) is 0 Å². The fraction of sp³-hybridized carbons (Fsp3) is 0.300. The lowest BCUT2D eigenvalue weighted by molar-refractivity contribution is -0.401. The maximum absolute atomic E-state index is 13.2. The molecule has 0 aliphatic carbocycles. The summed E-state index contributed by atoms with van der Waals surface area (Å²) in [5, 5.41) is 0. The van der Waals surface area contributed by atoms with Gasteiger partial charge in [0.1, 0.15) is 12.8 Å². The van der Waals surface area contributed by atoms with Crippen LogP contribution in [0.3, 0.4) is 0 Å². The Kier molecular flexibility index (Phi) is 3.71. The van der Waals surface area contributed by atoms with E-state index in [1.54, 1.807) is 13.2 Å². The molecule has 0 fully saturated rings. The summed E-state index contributed by atoms with van der Waals surface area (Å²) in [6, 6.07) is 11.6. The van der Waals surface area contributed by atoms with Crippen molar-refractivity contribution in [1.82, 2.24) is 4.90 Å². The van der Waals surface area contributed by atoms with E-state index in [-0.39, 0.29) is 11.9 Å². The van der Waals surface area contributed by atoms with Crippen molar-refractivity contribution in [1.29, 1.82) is 0 Å². The molecule has 2 aromatic carbocycles. The van der Waals surface area contributed by atoms with Crippen LogP contribution < -0.4 is 9.47 Å². The average Bonchev–Trinajstić information content (AvgIpc) is 2.95. The van der Waals surface area contributed by atoms with Gasteiger partial charge in [-0.05, 0) is 30.2 Å². The lowest BCUT2D eigenvalue weighted by Gasteiger charge is -2.22. The Morgan fingerprint density at radius 3 is 2.84 bits per heavy atom. The van der Waals surface area contributed by atoms with Crippen LogP contribution in [0.4, 0.5) is 5.69 Å². The molecule has 1 atom stereocenters. The third-order valence-corrected chi connectivity index (χ3v) is 4.75. The van der Waals surface area contributed by atoms with E-state index >= 15 is 0 Å². The van der Waals surface area contributed by atoms with Gasteiger partial charge in [0.15, 0.2) is 5.75 Å². The Hall–Kier alpha value is -2.82. The summed E-state index contributed by atoms with van der Waals surface area (Å²) in [7, 11) is 3.50. The molecule has 2 aliphatic rings. The fourth-order valence-corrected chi connectivity index (χ4v) is 3.55. The number of carbonyl (C=O) groups excluding carboxylic acids is 1. The highest BCUT2D eigenvalue weighted by atomic mass is 16.5. The van der Waals surface area contributed by atoms with Gasteiger partial charge in [-0.25, -0.2) is 0 Å². The van der Waals surface area contributed by atoms with E-state index in [1.165, 1.54) is 5.56 Å². The van der Waals surface area contributed by atoms with Crippen LogP contribution in [0.1, 0.15) is 34.5 Å². The van der Waals surface area contributed by atoms with Crippen molar-refractivity contribution in [3.8, 4) is 11.5 Å². The van der Waals surface area contributed by atoms with Crippen LogP contribution in [-0.2, 0) is 6.54 Å². The predicted molar refractivity (Wildman–Crippen MR) is 94.1 cm³/mol. The molecule has 2 aliphatic heterocycles. The van der Waals surface area contributed by atoms with E-state index in [4.69, 9.17) is 9.47 Å². The molecule has 0 radical (unpaired) electrons. The smallest absolute Gasteiger partial charge is 0.242 e. The second kappa shape index (κ2) is 5.92. The highest BCUT2D eigenvalue weighted by molar-refractivity contribution is 6.02. The zero-order valence-corrected chi connectivity index (χ0v) is 14.6. The molecule has 0 saturated heterocycles. The molecule has 0 N–H and O–H groups in total. The van der Waals surface area contributed by atoms with E-state index in [2.05, 4.69) is 18.3 Å². The molecule has 0 spiro atoms. The maximum Gasteiger partial charge on any atom is 0.242 e. The van der Waals surface area contributed by atoms with E-state index < -0.39 is 0 Å². The second-order valence-corrected chi connectivity index (χ2v) is 6.18. The average molecular weight is 336 g/mol. The van der Waals surface area contributed by atoms with Gasteiger partial charge in [0.2, 0.25) is 5.91 Å². The number of hydrogen-bond donors (Lipinski definition) is 0. The Balaban J connectivity index is 1.87. The number of rotatable bonds is 3. The van der Waals surface area contributed by atoms with Gasteiger partial charge >= 0.3 is 0 Å². The number of nitrogens with zero attached hydrogens (tertiary/aromatic N) is 2. The van der Waals surface area contributed by atoms with Crippen molar-refractivity contribution < 1.29 is 18.8 Å². The van der Waals surface area contributed by atoms with Gasteiger partial charge in [-0.15, -0.1) is 0 Å². The van der Waals surface area contributed by atoms with Gasteiger partial charge in [-0.2, -0.15) is 0 Å². The number of fused-ring (bicyclic) bond motifs is 4. The molecular formula is C20H20N2O3. The molecular weight excluding hydrogens is 316 g/mol. The second-order valence-electron chi connectivity index (χ2n) is 6.18. The van der Waals surface area contributed by atoms with E-state index in [9.17, 15) is 4.79 Å². The topological polar surface area (TPSA) is 41.8 Å². The Bertz CT molecular complexity index is 889. The van der Waals surface area contributed by atoms with Gasteiger partial charge in [-0.3, -0.25) is 4.79 Å². The zero-order valence-electron chi connectivity index (χ0n) is 14.6. The minimum atomic E-state index is -0.178. The highest BCUT2D eigenvalue weighted by Gasteiger charge is 2.35. The summed E-state index contributed by atoms with van der Waals surface area (Å²) < 4.78 is 13.0. The lowest BCUT2D eigenvalue weighted by atomic mass is 10.1. The molecule has 0 bridgehead atoms. The van der Waals surface area contributed by atoms with Crippen molar-refractivity contribution in [3.63, 3.8) is 0 Å². The van der Waals surface area contributed by atoms with Gasteiger partial charge in [0.25, 0.3) is 0 Å². The fourth-order valence-electron chi connectivity index (χ4n) is 3.55. The molecule has 0 saturated carbocycles. The molecule has 2 aromatic rings. The monoisotopic (exact) mass is 336 g/mol. The Labute approximate surface area is 147 Å². The zero-order chi connectivity index (χ0) is 17.6. The quantitative estimate of drug-likeness (QED) is 0.639. The van der Waals surface area contributed by atoms with E-state index in [0.29, 0.717) is 30.2 Å². The van der Waals surface area contributed by atoms with E-state index in [1.807, 2.05) is 41.6 Å². The summed E-state index contributed by atoms with van der Waals surface area (Å²) in [6.45, 7) is 3.04. The minimum Gasteiger partial charge on any atom is -0.493 e. The van der Waals surface area contributed by atoms with Crippen molar-refractivity contribution in [3.05, 3.63) is 53.1 Å². The molecule has 5 heteroatoms. The van der Waals surface area contributed by atoms with E-state index in [0.717, 1.165) is 11.3 Å². The Morgan fingerprint density at radius 2 is 2.08 bits per heavy atom. The first-order chi connectivity index (χ1) is 12.1. The van der Waals surface area contributed by atoms with Crippen LogP contribution in [0, 0.1) is 0 Å². The SMILES string of the molecule is CCOc1cc2c(cc1OC)C(=O)N1Cc3ccccc3[C@H]1[C-]=[N+]2C. The maximum atomic E-state index is 13.2. The molecule has 128 valence electrons. The third kappa shape index (κ3) is 2.38. The first-order valence-electron chi connectivity index (χ1n) is 8.37. The molecule has 0 unspecified atom stereocenters. The lowest BCUT2D eigenvalue weighted by Crippen LogP contribution is -2.29. The van der Waals surface area contributed by atoms with Crippen molar-refractivity contribution >= 4 is 17.8 Å². The van der Waals surface area contributed by atoms with Crippen LogP contribution >= 0.6 is 0 Å². The van der Waals surface area contributed by atoms with Crippen LogP contribution in [0.2, 0.25) is 0 Å². The van der Waals surface area contributed by atoms with Crippen LogP contribution in [-0.4, -0.2) is 42.4 Å². The largest absolute Gasteiger partial charge is 0.493 e. The molecule has 0 aromatic heterocycles. The molecule has 4 rings (SSSR count). The first-order valence-corrected chi connectivity index (χ1v) is 8.37. The number of methoxy groups -OCH3 is 1. The summed E-state index contributed by atoms with van der Waals surface area (Å²) in [5.74, 6) is 1.18. The summed E-state index contributed by atoms with van der Waals surface area (Å²) in [5.41, 5.74) is 3.68.